The fraction of sp³-hybridized carbons (Fsp3) is 0.526. The number of nitrogens with zero attached hydrogens (tertiary/aromatic N) is 4. The van der Waals surface area contributed by atoms with E-state index in [9.17, 15) is 0 Å². The number of ether oxygens (including phenoxy) is 1. The fourth-order valence-electron chi connectivity index (χ4n) is 3.09. The van der Waals surface area contributed by atoms with E-state index in [2.05, 4.69) is 69.9 Å². The van der Waals surface area contributed by atoms with Crippen LogP contribution in [0.5, 0.6) is 0 Å². The van der Waals surface area contributed by atoms with Crippen molar-refractivity contribution in [1.29, 1.82) is 0 Å². The first kappa shape index (κ1) is 17.1. The molecule has 3 rings (SSSR count). The van der Waals surface area contributed by atoms with Crippen LogP contribution < -0.4 is 0 Å². The van der Waals surface area contributed by atoms with Crippen molar-refractivity contribution >= 4 is 0 Å². The zero-order chi connectivity index (χ0) is 16.8. The quantitative estimate of drug-likeness (QED) is 0.779. The van der Waals surface area contributed by atoms with Gasteiger partial charge in [0.2, 0.25) is 0 Å². The maximum absolute atomic E-state index is 5.43. The van der Waals surface area contributed by atoms with E-state index in [4.69, 9.17) is 4.74 Å². The van der Waals surface area contributed by atoms with Crippen molar-refractivity contribution in [3.05, 3.63) is 54.1 Å². The standard InChI is InChI=1S/C19H28N4O/c1-17(14-22-10-12-24-13-11-22)21(2)16-19-20-8-9-23(19)15-18-6-4-3-5-7-18/h3-9,17H,10-16H2,1-2H3. The molecule has 1 fully saturated rings. The number of rotatable bonds is 7. The summed E-state index contributed by atoms with van der Waals surface area (Å²) >= 11 is 0. The first-order chi connectivity index (χ1) is 11.7. The fourth-order valence-corrected chi connectivity index (χ4v) is 3.09. The third-order valence-corrected chi connectivity index (χ3v) is 4.77. The number of likely N-dealkylation sites (N-methyl/N-ethyl adjacent to an activating group) is 1. The average Bonchev–Trinajstić information content (AvgIpc) is 3.03. The first-order valence-electron chi connectivity index (χ1n) is 8.76. The highest BCUT2D eigenvalue weighted by Gasteiger charge is 2.18. The molecule has 1 unspecified atom stereocenters. The van der Waals surface area contributed by atoms with Gasteiger partial charge in [-0.05, 0) is 19.5 Å². The number of benzene rings is 1. The van der Waals surface area contributed by atoms with Gasteiger partial charge in [0.25, 0.3) is 0 Å². The Morgan fingerprint density at radius 2 is 1.96 bits per heavy atom. The molecule has 0 N–H and O–H groups in total. The van der Waals surface area contributed by atoms with E-state index in [1.807, 2.05) is 6.20 Å². The van der Waals surface area contributed by atoms with Gasteiger partial charge < -0.3 is 9.30 Å². The Bertz CT molecular complexity index is 607. The monoisotopic (exact) mass is 328 g/mol. The summed E-state index contributed by atoms with van der Waals surface area (Å²) in [5, 5.41) is 0. The summed E-state index contributed by atoms with van der Waals surface area (Å²) in [7, 11) is 2.19. The lowest BCUT2D eigenvalue weighted by molar-refractivity contribution is 0.0259. The Morgan fingerprint density at radius 1 is 1.21 bits per heavy atom. The van der Waals surface area contributed by atoms with Gasteiger partial charge in [0.05, 0.1) is 19.8 Å². The Labute approximate surface area is 144 Å². The number of aromatic nitrogens is 2. The van der Waals surface area contributed by atoms with Crippen LogP contribution in [0.1, 0.15) is 18.3 Å². The van der Waals surface area contributed by atoms with E-state index in [0.29, 0.717) is 6.04 Å². The van der Waals surface area contributed by atoms with Crippen LogP contribution in [0, 0.1) is 0 Å². The zero-order valence-corrected chi connectivity index (χ0v) is 14.8. The van der Waals surface area contributed by atoms with Crippen LogP contribution in [0.4, 0.5) is 0 Å². The second-order valence-corrected chi connectivity index (χ2v) is 6.63. The summed E-state index contributed by atoms with van der Waals surface area (Å²) in [5.41, 5.74) is 1.31. The van der Waals surface area contributed by atoms with Crippen LogP contribution in [0.25, 0.3) is 0 Å². The molecule has 0 saturated carbocycles. The Hall–Kier alpha value is -1.69. The molecule has 0 radical (unpaired) electrons. The summed E-state index contributed by atoms with van der Waals surface area (Å²) in [6.45, 7) is 8.92. The number of hydrogen-bond acceptors (Lipinski definition) is 4. The normalized spacial score (nSPS) is 17.3. The van der Waals surface area contributed by atoms with Crippen LogP contribution in [-0.4, -0.2) is 65.3 Å². The van der Waals surface area contributed by atoms with Crippen molar-refractivity contribution in [1.82, 2.24) is 19.4 Å². The molecule has 1 aromatic heterocycles. The highest BCUT2D eigenvalue weighted by Crippen LogP contribution is 2.10. The highest BCUT2D eigenvalue weighted by molar-refractivity contribution is 5.15. The van der Waals surface area contributed by atoms with E-state index in [1.165, 1.54) is 5.56 Å². The van der Waals surface area contributed by atoms with Gasteiger partial charge in [-0.2, -0.15) is 0 Å². The molecule has 1 aliphatic heterocycles. The summed E-state index contributed by atoms with van der Waals surface area (Å²) in [6, 6.07) is 11.0. The number of hydrogen-bond donors (Lipinski definition) is 0. The molecule has 1 atom stereocenters. The van der Waals surface area contributed by atoms with Crippen molar-refractivity contribution in [2.45, 2.75) is 26.1 Å². The second kappa shape index (κ2) is 8.42. The maximum Gasteiger partial charge on any atom is 0.123 e. The van der Waals surface area contributed by atoms with E-state index in [1.54, 1.807) is 0 Å². The molecule has 2 heterocycles. The van der Waals surface area contributed by atoms with Gasteiger partial charge in [-0.15, -0.1) is 0 Å². The molecule has 1 aromatic carbocycles. The maximum atomic E-state index is 5.43. The highest BCUT2D eigenvalue weighted by atomic mass is 16.5. The van der Waals surface area contributed by atoms with Crippen LogP contribution in [0.3, 0.4) is 0 Å². The molecule has 2 aromatic rings. The van der Waals surface area contributed by atoms with Crippen LogP contribution in [-0.2, 0) is 17.8 Å². The number of imidazole rings is 1. The lowest BCUT2D eigenvalue weighted by atomic mass is 10.2. The Kier molecular flexibility index (Phi) is 6.01. The van der Waals surface area contributed by atoms with Crippen molar-refractivity contribution in [2.24, 2.45) is 0 Å². The summed E-state index contributed by atoms with van der Waals surface area (Å²) in [6.07, 6.45) is 3.97. The van der Waals surface area contributed by atoms with Gasteiger partial charge in [-0.3, -0.25) is 9.80 Å². The van der Waals surface area contributed by atoms with Gasteiger partial charge in [0.15, 0.2) is 0 Å². The molecule has 5 heteroatoms. The molecule has 5 nitrogen and oxygen atoms in total. The second-order valence-electron chi connectivity index (χ2n) is 6.63. The van der Waals surface area contributed by atoms with Crippen molar-refractivity contribution in [3.63, 3.8) is 0 Å². The summed E-state index contributed by atoms with van der Waals surface area (Å²) in [5.74, 6) is 1.12. The summed E-state index contributed by atoms with van der Waals surface area (Å²) < 4.78 is 7.67. The van der Waals surface area contributed by atoms with E-state index >= 15 is 0 Å². The van der Waals surface area contributed by atoms with Crippen LogP contribution in [0.2, 0.25) is 0 Å². The average molecular weight is 328 g/mol. The molecular formula is C19H28N4O. The molecule has 0 aliphatic carbocycles. The first-order valence-corrected chi connectivity index (χ1v) is 8.76. The van der Waals surface area contributed by atoms with E-state index < -0.39 is 0 Å². The predicted octanol–water partition coefficient (Wildman–Crippen LogP) is 2.08. The Morgan fingerprint density at radius 3 is 2.71 bits per heavy atom. The third kappa shape index (κ3) is 4.66. The third-order valence-electron chi connectivity index (χ3n) is 4.77. The van der Waals surface area contributed by atoms with Gasteiger partial charge in [-0.1, -0.05) is 30.3 Å². The van der Waals surface area contributed by atoms with E-state index in [0.717, 1.165) is 51.8 Å². The van der Waals surface area contributed by atoms with Gasteiger partial charge in [0.1, 0.15) is 5.82 Å². The van der Waals surface area contributed by atoms with Crippen LogP contribution >= 0.6 is 0 Å². The molecule has 0 spiro atoms. The molecule has 130 valence electrons. The molecular weight excluding hydrogens is 300 g/mol. The molecule has 0 amide bonds. The van der Waals surface area contributed by atoms with Gasteiger partial charge >= 0.3 is 0 Å². The van der Waals surface area contributed by atoms with Crippen molar-refractivity contribution in [2.75, 3.05) is 39.9 Å². The smallest absolute Gasteiger partial charge is 0.123 e. The molecule has 24 heavy (non-hydrogen) atoms. The minimum Gasteiger partial charge on any atom is -0.379 e. The number of morpholine rings is 1. The lowest BCUT2D eigenvalue weighted by Gasteiger charge is -2.33. The lowest BCUT2D eigenvalue weighted by Crippen LogP contribution is -2.45. The van der Waals surface area contributed by atoms with E-state index in [-0.39, 0.29) is 0 Å². The summed E-state index contributed by atoms with van der Waals surface area (Å²) in [4.78, 5) is 9.44. The molecule has 1 aliphatic rings. The SMILES string of the molecule is CC(CN1CCOCC1)N(C)Cc1nccn1Cc1ccccc1. The topological polar surface area (TPSA) is 33.5 Å². The molecule has 0 bridgehead atoms. The van der Waals surface area contributed by atoms with Gasteiger partial charge in [0, 0.05) is 44.6 Å². The van der Waals surface area contributed by atoms with Crippen molar-refractivity contribution < 1.29 is 4.74 Å². The van der Waals surface area contributed by atoms with Crippen LogP contribution in [0.15, 0.2) is 42.7 Å². The minimum absolute atomic E-state index is 0.491. The van der Waals surface area contributed by atoms with Crippen molar-refractivity contribution in [3.8, 4) is 0 Å². The minimum atomic E-state index is 0.491. The zero-order valence-electron chi connectivity index (χ0n) is 14.8. The Balaban J connectivity index is 1.56. The largest absolute Gasteiger partial charge is 0.379 e. The van der Waals surface area contributed by atoms with Gasteiger partial charge in [-0.25, -0.2) is 4.98 Å². The predicted molar refractivity (Wildman–Crippen MR) is 96.0 cm³/mol. The molecule has 1 saturated heterocycles.